The molecule has 0 saturated heterocycles. The molecule has 0 aromatic rings. The predicted molar refractivity (Wildman–Crippen MR) is 27.2 cm³/mol. The van der Waals surface area contributed by atoms with Crippen molar-refractivity contribution in [1.29, 1.82) is 0 Å². The molecule has 0 spiro atoms. The smallest absolute Gasteiger partial charge is 0.188 e. The van der Waals surface area contributed by atoms with Gasteiger partial charge in [0.1, 0.15) is 0 Å². The van der Waals surface area contributed by atoms with E-state index < -0.39 is 26.0 Å². The maximum Gasteiger partial charge on any atom is 0.524 e. The number of hydrogen-bond acceptors (Lipinski definition) is 6. The van der Waals surface area contributed by atoms with Gasteiger partial charge in [-0.15, -0.1) is 3.63 Å². The van der Waals surface area contributed by atoms with Crippen molar-refractivity contribution in [3.8, 4) is 0 Å². The predicted octanol–water partition coefficient (Wildman–Crippen LogP) is -0.00150. The third-order valence-electron chi connectivity index (χ3n) is 0.534. The van der Waals surface area contributed by atoms with Crippen molar-refractivity contribution in [1.82, 2.24) is 0 Å². The standard InChI is InChI=1S/CF4O6S2/c2-1(3,4)12(6,7)11-13(8,9)10-5. The quantitative estimate of drug-likeness (QED) is 0.516. The van der Waals surface area contributed by atoms with Gasteiger partial charge in [0.2, 0.25) is 0 Å². The second kappa shape index (κ2) is 3.36. The number of hydrogen-bond donors (Lipinski definition) is 0. The van der Waals surface area contributed by atoms with Gasteiger partial charge in [0, 0.05) is 0 Å². The second-order valence-electron chi connectivity index (χ2n) is 1.44. The van der Waals surface area contributed by atoms with Crippen LogP contribution in [0.3, 0.4) is 0 Å². The van der Waals surface area contributed by atoms with Gasteiger partial charge in [-0.05, 0) is 8.91 Å². The van der Waals surface area contributed by atoms with Crippen LogP contribution >= 0.6 is 0 Å². The van der Waals surface area contributed by atoms with Crippen LogP contribution in [0.2, 0.25) is 0 Å². The average Bonchev–Trinajstić information content (AvgIpc) is 1.83. The Morgan fingerprint density at radius 3 is 1.62 bits per heavy atom. The van der Waals surface area contributed by atoms with E-state index >= 15 is 0 Å². The van der Waals surface area contributed by atoms with E-state index in [0.29, 0.717) is 0 Å². The molecule has 0 heterocycles. The van der Waals surface area contributed by atoms with Crippen LogP contribution in [0.1, 0.15) is 0 Å². The van der Waals surface area contributed by atoms with Gasteiger partial charge in [0.25, 0.3) is 0 Å². The maximum atomic E-state index is 11.3. The van der Waals surface area contributed by atoms with Crippen molar-refractivity contribution in [3.63, 3.8) is 0 Å². The molecule has 80 valence electrons. The van der Waals surface area contributed by atoms with E-state index in [4.69, 9.17) is 0 Å². The molecule has 0 aromatic carbocycles. The van der Waals surface area contributed by atoms with E-state index in [1.807, 2.05) is 4.39 Å². The molecule has 0 aliphatic rings. The van der Waals surface area contributed by atoms with Crippen LogP contribution in [0.4, 0.5) is 17.7 Å². The van der Waals surface area contributed by atoms with Gasteiger partial charge in [-0.3, -0.25) is 0 Å². The maximum absolute atomic E-state index is 11.3. The molecular formula is CF4O6S2. The van der Waals surface area contributed by atoms with E-state index in [1.165, 1.54) is 0 Å². The second-order valence-corrected chi connectivity index (χ2v) is 4.30. The van der Waals surface area contributed by atoms with Crippen molar-refractivity contribution in [2.75, 3.05) is 0 Å². The summed E-state index contributed by atoms with van der Waals surface area (Å²) in [4.78, 5) is 0. The van der Waals surface area contributed by atoms with Crippen molar-refractivity contribution in [3.05, 3.63) is 0 Å². The zero-order valence-corrected chi connectivity index (χ0v) is 6.91. The van der Waals surface area contributed by atoms with Crippen LogP contribution in [-0.2, 0) is 28.5 Å². The van der Waals surface area contributed by atoms with Gasteiger partial charge in [-0.2, -0.15) is 30.0 Å². The molecule has 0 N–H and O–H groups in total. The molecule has 0 saturated carbocycles. The minimum absolute atomic E-state index is 1.84. The minimum Gasteiger partial charge on any atom is -0.188 e. The summed E-state index contributed by atoms with van der Waals surface area (Å²) in [5.74, 6) is 0. The molecule has 12 heteroatoms. The first-order valence-electron chi connectivity index (χ1n) is 2.09. The molecule has 0 fully saturated rings. The van der Waals surface area contributed by atoms with E-state index in [0.717, 1.165) is 0 Å². The fourth-order valence-electron chi connectivity index (χ4n) is 0.159. The monoisotopic (exact) mass is 248 g/mol. The van der Waals surface area contributed by atoms with Crippen molar-refractivity contribution < 1.29 is 42.5 Å². The van der Waals surface area contributed by atoms with Gasteiger partial charge in [0.05, 0.1) is 0 Å². The molecule has 0 radical (unpaired) electrons. The van der Waals surface area contributed by atoms with Gasteiger partial charge < -0.3 is 0 Å². The van der Waals surface area contributed by atoms with Crippen molar-refractivity contribution in [2.24, 2.45) is 0 Å². The summed E-state index contributed by atoms with van der Waals surface area (Å²) in [6.07, 6.45) is 0. The number of halogens is 4. The summed E-state index contributed by atoms with van der Waals surface area (Å²) in [6.45, 7) is 0. The number of rotatable bonds is 3. The summed E-state index contributed by atoms with van der Waals surface area (Å²) in [5.41, 5.74) is -5.97. The Bertz CT molecular complexity index is 360. The van der Waals surface area contributed by atoms with Crippen LogP contribution in [0.15, 0.2) is 0 Å². The topological polar surface area (TPSA) is 86.7 Å². The van der Waals surface area contributed by atoms with Gasteiger partial charge in [-0.25, -0.2) is 0 Å². The Hall–Kier alpha value is -0.460. The Balaban J connectivity index is 4.97. The molecule has 0 atom stereocenters. The fourth-order valence-corrected chi connectivity index (χ4v) is 1.43. The highest BCUT2D eigenvalue weighted by Gasteiger charge is 2.50. The third-order valence-corrected chi connectivity index (χ3v) is 2.64. The van der Waals surface area contributed by atoms with E-state index in [-0.39, 0.29) is 0 Å². The van der Waals surface area contributed by atoms with E-state index in [2.05, 4.69) is 3.63 Å². The molecule has 0 aliphatic carbocycles. The summed E-state index contributed by atoms with van der Waals surface area (Å²) in [5, 5.41) is 0. The van der Waals surface area contributed by atoms with Crippen LogP contribution in [-0.4, -0.2) is 22.3 Å². The van der Waals surface area contributed by atoms with Crippen molar-refractivity contribution in [2.45, 2.75) is 5.51 Å². The molecule has 6 nitrogen and oxygen atoms in total. The Morgan fingerprint density at radius 2 is 1.38 bits per heavy atom. The largest absolute Gasteiger partial charge is 0.524 e. The lowest BCUT2D eigenvalue weighted by Gasteiger charge is -2.04. The lowest BCUT2D eigenvalue weighted by molar-refractivity contribution is -0.0533. The highest BCUT2D eigenvalue weighted by atomic mass is 32.3. The zero-order valence-electron chi connectivity index (χ0n) is 5.28. The Kier molecular flexibility index (Phi) is 3.24. The molecular weight excluding hydrogens is 248 g/mol. The lowest BCUT2D eigenvalue weighted by Crippen LogP contribution is -2.28. The average molecular weight is 248 g/mol. The van der Waals surface area contributed by atoms with Crippen LogP contribution in [0.5, 0.6) is 0 Å². The first-order chi connectivity index (χ1) is 5.52. The molecule has 0 bridgehead atoms. The van der Waals surface area contributed by atoms with E-state index in [9.17, 15) is 34.5 Å². The van der Waals surface area contributed by atoms with Crippen LogP contribution in [0, 0.1) is 0 Å². The van der Waals surface area contributed by atoms with Gasteiger partial charge in [-0.1, -0.05) is 0 Å². The van der Waals surface area contributed by atoms with Gasteiger partial charge >= 0.3 is 26.0 Å². The third kappa shape index (κ3) is 3.41. The molecule has 0 rings (SSSR count). The van der Waals surface area contributed by atoms with Crippen LogP contribution in [0.25, 0.3) is 0 Å². The summed E-state index contributed by atoms with van der Waals surface area (Å²) < 4.78 is 88.3. The summed E-state index contributed by atoms with van der Waals surface area (Å²) >= 11 is 0. The van der Waals surface area contributed by atoms with Crippen LogP contribution < -0.4 is 0 Å². The number of alkyl halides is 3. The minimum atomic E-state index is -6.42. The van der Waals surface area contributed by atoms with Crippen molar-refractivity contribution >= 4 is 20.5 Å². The summed E-state index contributed by atoms with van der Waals surface area (Å²) in [6, 6.07) is 0. The first kappa shape index (κ1) is 12.5. The Labute approximate surface area is 69.4 Å². The zero-order chi connectivity index (χ0) is 10.9. The lowest BCUT2D eigenvalue weighted by atomic mass is 11.6. The molecule has 0 amide bonds. The molecule has 0 unspecified atom stereocenters. The highest BCUT2D eigenvalue weighted by Crippen LogP contribution is 2.26. The first-order valence-corrected chi connectivity index (χ1v) is 4.83. The molecule has 13 heavy (non-hydrogen) atoms. The van der Waals surface area contributed by atoms with Gasteiger partial charge in [0.15, 0.2) is 0 Å². The Morgan fingerprint density at radius 1 is 1.00 bits per heavy atom. The highest BCUT2D eigenvalue weighted by molar-refractivity contribution is 7.98. The molecule has 0 aromatic heterocycles. The summed E-state index contributed by atoms with van der Waals surface area (Å²) in [7, 11) is -12.3. The SMILES string of the molecule is O=S(=O)(OF)OS(=O)(=O)C(F)(F)F. The normalized spacial score (nSPS) is 14.5. The van der Waals surface area contributed by atoms with E-state index in [1.54, 1.807) is 0 Å². The molecule has 0 aliphatic heterocycles. The fraction of sp³-hybridized carbons (Fsp3) is 1.00.